The highest BCUT2D eigenvalue weighted by Crippen LogP contribution is 2.37. The molecule has 0 bridgehead atoms. The summed E-state index contributed by atoms with van der Waals surface area (Å²) in [5, 5.41) is 15.3. The molecule has 0 aromatic heterocycles. The Labute approximate surface area is 198 Å². The van der Waals surface area contributed by atoms with Crippen LogP contribution in [-0.2, 0) is 20.5 Å². The Balaban J connectivity index is 0.000000440. The number of carboxylic acid groups (broad SMARTS) is 2. The lowest BCUT2D eigenvalue weighted by atomic mass is 10.1. The molecule has 13 heteroatoms. The zero-order valence-electron chi connectivity index (χ0n) is 18.3. The molecule has 2 N–H and O–H groups in total. The van der Waals surface area contributed by atoms with Gasteiger partial charge in [-0.1, -0.05) is 11.6 Å². The van der Waals surface area contributed by atoms with E-state index in [0.717, 1.165) is 32.1 Å². The predicted molar refractivity (Wildman–Crippen MR) is 117 cm³/mol. The van der Waals surface area contributed by atoms with Crippen LogP contribution in [0.25, 0.3) is 0 Å². The third kappa shape index (κ3) is 8.41. The number of anilines is 1. The third-order valence-corrected chi connectivity index (χ3v) is 5.51. The highest BCUT2D eigenvalue weighted by Gasteiger charge is 2.34. The van der Waals surface area contributed by atoms with Crippen molar-refractivity contribution in [3.05, 3.63) is 40.9 Å². The number of hydrogen-bond acceptors (Lipinski definition) is 6. The molecular formula is C21H25ClF3N3O6. The van der Waals surface area contributed by atoms with Gasteiger partial charge in [0.25, 0.3) is 0 Å². The van der Waals surface area contributed by atoms with Crippen molar-refractivity contribution in [2.45, 2.75) is 18.7 Å². The quantitative estimate of drug-likeness (QED) is 0.565. The normalized spacial score (nSPS) is 19.1. The summed E-state index contributed by atoms with van der Waals surface area (Å²) in [6, 6.07) is 4.05. The van der Waals surface area contributed by atoms with Crippen LogP contribution in [0, 0.1) is 0 Å². The Kier molecular flexibility index (Phi) is 9.56. The highest BCUT2D eigenvalue weighted by molar-refractivity contribution is 6.31. The first kappa shape index (κ1) is 27.3. The Morgan fingerprint density at radius 3 is 2.21 bits per heavy atom. The average molecular weight is 508 g/mol. The maximum Gasteiger partial charge on any atom is 0.417 e. The number of nitrogens with zero attached hydrogens (tertiary/aromatic N) is 3. The van der Waals surface area contributed by atoms with Crippen LogP contribution in [0.15, 0.2) is 30.4 Å². The van der Waals surface area contributed by atoms with Gasteiger partial charge in [-0.05, 0) is 24.6 Å². The van der Waals surface area contributed by atoms with Gasteiger partial charge in [0, 0.05) is 57.6 Å². The van der Waals surface area contributed by atoms with Crippen molar-refractivity contribution in [1.29, 1.82) is 0 Å². The van der Waals surface area contributed by atoms with E-state index in [-0.39, 0.29) is 17.2 Å². The lowest BCUT2D eigenvalue weighted by molar-refractivity contribution is -0.137. The minimum absolute atomic E-state index is 0.0869. The van der Waals surface area contributed by atoms with Crippen molar-refractivity contribution in [1.82, 2.24) is 9.80 Å². The van der Waals surface area contributed by atoms with E-state index in [1.165, 1.54) is 6.07 Å². The fraction of sp³-hybridized carbons (Fsp3) is 0.476. The van der Waals surface area contributed by atoms with E-state index in [1.807, 2.05) is 4.90 Å². The largest absolute Gasteiger partial charge is 0.478 e. The number of halogens is 4. The number of carbonyl (C=O) groups is 3. The van der Waals surface area contributed by atoms with Crippen molar-refractivity contribution >= 4 is 35.3 Å². The minimum Gasteiger partial charge on any atom is -0.478 e. The molecule has 0 aliphatic carbocycles. The van der Waals surface area contributed by atoms with Gasteiger partial charge in [-0.15, -0.1) is 0 Å². The number of likely N-dealkylation sites (N-methyl/N-ethyl adjacent to an activating group) is 1. The molecule has 2 heterocycles. The number of ether oxygens (including phenoxy) is 1. The van der Waals surface area contributed by atoms with Crippen molar-refractivity contribution in [2.75, 3.05) is 51.2 Å². The number of benzene rings is 1. The Bertz CT molecular complexity index is 904. The van der Waals surface area contributed by atoms with Gasteiger partial charge in [-0.25, -0.2) is 14.4 Å². The van der Waals surface area contributed by atoms with Gasteiger partial charge in [0.15, 0.2) is 0 Å². The molecule has 1 unspecified atom stereocenters. The highest BCUT2D eigenvalue weighted by atomic mass is 35.5. The summed E-state index contributed by atoms with van der Waals surface area (Å²) in [4.78, 5) is 36.2. The molecule has 1 amide bonds. The summed E-state index contributed by atoms with van der Waals surface area (Å²) in [6.45, 7) is 4.19. The van der Waals surface area contributed by atoms with Crippen molar-refractivity contribution in [3.8, 4) is 0 Å². The molecule has 2 saturated heterocycles. The minimum atomic E-state index is -4.46. The first-order valence-electron chi connectivity index (χ1n) is 10.3. The maximum absolute atomic E-state index is 13.0. The van der Waals surface area contributed by atoms with E-state index < -0.39 is 23.7 Å². The van der Waals surface area contributed by atoms with Crippen molar-refractivity contribution < 1.29 is 42.5 Å². The Morgan fingerprint density at radius 2 is 1.74 bits per heavy atom. The summed E-state index contributed by atoms with van der Waals surface area (Å²) in [6.07, 6.45) is -2.96. The number of rotatable bonds is 6. The fourth-order valence-electron chi connectivity index (χ4n) is 3.43. The van der Waals surface area contributed by atoms with Gasteiger partial charge in [0.2, 0.25) is 0 Å². The second kappa shape index (κ2) is 11.9. The number of alkyl halides is 3. The van der Waals surface area contributed by atoms with E-state index >= 15 is 0 Å². The molecule has 3 rings (SSSR count). The summed E-state index contributed by atoms with van der Waals surface area (Å²) >= 11 is 5.68. The molecule has 0 saturated carbocycles. The van der Waals surface area contributed by atoms with Gasteiger partial charge in [0.1, 0.15) is 6.10 Å². The summed E-state index contributed by atoms with van der Waals surface area (Å²) < 4.78 is 44.3. The average Bonchev–Trinajstić information content (AvgIpc) is 3.08. The van der Waals surface area contributed by atoms with Crippen LogP contribution in [0.4, 0.5) is 23.7 Å². The van der Waals surface area contributed by atoms with Gasteiger partial charge >= 0.3 is 24.2 Å². The van der Waals surface area contributed by atoms with E-state index in [1.54, 1.807) is 18.0 Å². The first-order chi connectivity index (χ1) is 15.9. The molecule has 188 valence electrons. The van der Waals surface area contributed by atoms with Gasteiger partial charge in [-0.2, -0.15) is 13.2 Å². The fourth-order valence-corrected chi connectivity index (χ4v) is 3.65. The van der Waals surface area contributed by atoms with Crippen LogP contribution < -0.4 is 4.90 Å². The number of cyclic esters (lactones) is 1. The standard InChI is InChI=1S/C17H21ClF3N3O2.C4H4O4/c1-22-11-13(26-16(22)25)4-5-23-6-8-24(9-7-23)12-2-3-15(18)14(10-12)17(19,20)21;5-3(6)1-2-4(7)8/h2-3,10,13H,4-9,11H2,1H3;1-2H,(H,5,6)(H,7,8)/b;2-1+. The molecule has 2 aliphatic rings. The molecule has 0 spiro atoms. The molecule has 34 heavy (non-hydrogen) atoms. The van der Waals surface area contributed by atoms with Gasteiger partial charge in [0.05, 0.1) is 17.1 Å². The van der Waals surface area contributed by atoms with Crippen LogP contribution in [0.2, 0.25) is 5.02 Å². The van der Waals surface area contributed by atoms with E-state index in [2.05, 4.69) is 4.90 Å². The molecular weight excluding hydrogens is 483 g/mol. The number of carboxylic acids is 2. The van der Waals surface area contributed by atoms with E-state index in [0.29, 0.717) is 37.5 Å². The Hall–Kier alpha value is -2.99. The second-order valence-corrected chi connectivity index (χ2v) is 8.08. The molecule has 1 aromatic rings. The number of piperazine rings is 1. The van der Waals surface area contributed by atoms with E-state index in [9.17, 15) is 27.6 Å². The molecule has 0 radical (unpaired) electrons. The first-order valence-corrected chi connectivity index (χ1v) is 10.6. The SMILES string of the molecule is CN1CC(CCN2CCN(c3ccc(Cl)c(C(F)(F)F)c3)CC2)OC1=O.O=C(O)/C=C/C(=O)O. The third-order valence-electron chi connectivity index (χ3n) is 5.19. The smallest absolute Gasteiger partial charge is 0.417 e. The zero-order valence-corrected chi connectivity index (χ0v) is 19.1. The lowest BCUT2D eigenvalue weighted by Crippen LogP contribution is -2.47. The summed E-state index contributed by atoms with van der Waals surface area (Å²) in [5.41, 5.74) is -0.265. The molecule has 1 aromatic carbocycles. The lowest BCUT2D eigenvalue weighted by Gasteiger charge is -2.36. The number of amides is 1. The molecule has 1 atom stereocenters. The summed E-state index contributed by atoms with van der Waals surface area (Å²) in [7, 11) is 1.71. The number of carbonyl (C=O) groups excluding carboxylic acids is 1. The topological polar surface area (TPSA) is 111 Å². The number of hydrogen-bond donors (Lipinski definition) is 2. The second-order valence-electron chi connectivity index (χ2n) is 7.68. The molecule has 2 aliphatic heterocycles. The Morgan fingerprint density at radius 1 is 1.15 bits per heavy atom. The summed E-state index contributed by atoms with van der Waals surface area (Å²) in [5.74, 6) is -2.51. The monoisotopic (exact) mass is 507 g/mol. The maximum atomic E-state index is 13.0. The van der Waals surface area contributed by atoms with Crippen LogP contribution in [0.3, 0.4) is 0 Å². The van der Waals surface area contributed by atoms with Crippen LogP contribution in [-0.4, -0.2) is 90.5 Å². The molecule has 9 nitrogen and oxygen atoms in total. The van der Waals surface area contributed by atoms with Gasteiger partial charge in [-0.3, -0.25) is 4.90 Å². The predicted octanol–water partition coefficient (Wildman–Crippen LogP) is 3.03. The number of aliphatic carboxylic acids is 2. The van der Waals surface area contributed by atoms with Crippen LogP contribution in [0.5, 0.6) is 0 Å². The van der Waals surface area contributed by atoms with Crippen molar-refractivity contribution in [3.63, 3.8) is 0 Å². The molecule has 2 fully saturated rings. The van der Waals surface area contributed by atoms with E-state index in [4.69, 9.17) is 26.6 Å². The van der Waals surface area contributed by atoms with Gasteiger partial charge < -0.3 is 24.7 Å². The zero-order chi connectivity index (χ0) is 25.5. The van der Waals surface area contributed by atoms with Crippen molar-refractivity contribution in [2.24, 2.45) is 0 Å². The van der Waals surface area contributed by atoms with Crippen LogP contribution >= 0.6 is 11.6 Å². The van der Waals surface area contributed by atoms with Crippen LogP contribution in [0.1, 0.15) is 12.0 Å².